The molecular formula is C12H24N2. The number of hydrogen-bond acceptors (Lipinski definition) is 2. The third-order valence-electron chi connectivity index (χ3n) is 2.96. The molecule has 1 heterocycles. The van der Waals surface area contributed by atoms with E-state index in [1.54, 1.807) is 0 Å². The van der Waals surface area contributed by atoms with Gasteiger partial charge in [-0.3, -0.25) is 4.90 Å². The summed E-state index contributed by atoms with van der Waals surface area (Å²) in [7, 11) is 0. The normalized spacial score (nSPS) is 29.3. The van der Waals surface area contributed by atoms with Crippen LogP contribution in [0.3, 0.4) is 0 Å². The number of allylic oxidation sites excluding steroid dienone is 1. The molecule has 0 amide bonds. The summed E-state index contributed by atoms with van der Waals surface area (Å²) in [6, 6.07) is 0.695. The Morgan fingerprint density at radius 1 is 1.50 bits per heavy atom. The second-order valence-electron chi connectivity index (χ2n) is 4.95. The van der Waals surface area contributed by atoms with Gasteiger partial charge in [-0.2, -0.15) is 0 Å². The molecule has 1 N–H and O–H groups in total. The van der Waals surface area contributed by atoms with Crippen molar-refractivity contribution < 1.29 is 0 Å². The third kappa shape index (κ3) is 3.43. The fourth-order valence-electron chi connectivity index (χ4n) is 2.01. The summed E-state index contributed by atoms with van der Waals surface area (Å²) in [5, 5.41) is 3.59. The third-order valence-corrected chi connectivity index (χ3v) is 2.96. The van der Waals surface area contributed by atoms with Gasteiger partial charge in [-0.25, -0.2) is 0 Å². The minimum Gasteiger partial charge on any atom is -0.310 e. The van der Waals surface area contributed by atoms with Gasteiger partial charge in [0.15, 0.2) is 0 Å². The lowest BCUT2D eigenvalue weighted by molar-refractivity contribution is 0.200. The maximum atomic E-state index is 3.59. The van der Waals surface area contributed by atoms with Gasteiger partial charge >= 0.3 is 0 Å². The van der Waals surface area contributed by atoms with E-state index in [9.17, 15) is 0 Å². The van der Waals surface area contributed by atoms with Crippen LogP contribution in [0.25, 0.3) is 0 Å². The van der Waals surface area contributed by atoms with Crippen LogP contribution in [-0.4, -0.2) is 36.1 Å². The van der Waals surface area contributed by atoms with Gasteiger partial charge in [0.25, 0.3) is 0 Å². The predicted octanol–water partition coefficient (Wildman–Crippen LogP) is 2.02. The molecule has 0 aliphatic carbocycles. The highest BCUT2D eigenvalue weighted by molar-refractivity contribution is 4.91. The maximum absolute atomic E-state index is 3.59. The van der Waals surface area contributed by atoms with Crippen LogP contribution in [-0.2, 0) is 0 Å². The summed E-state index contributed by atoms with van der Waals surface area (Å²) in [5.74, 6) is 0. The molecule has 2 heteroatoms. The Kier molecular flexibility index (Phi) is 4.14. The summed E-state index contributed by atoms with van der Waals surface area (Å²) >= 11 is 0. The van der Waals surface area contributed by atoms with Gasteiger partial charge < -0.3 is 5.32 Å². The fraction of sp³-hybridized carbons (Fsp3) is 0.833. The Morgan fingerprint density at radius 3 is 2.86 bits per heavy atom. The van der Waals surface area contributed by atoms with Crippen LogP contribution in [0.1, 0.15) is 34.1 Å². The van der Waals surface area contributed by atoms with Crippen LogP contribution in [0.5, 0.6) is 0 Å². The van der Waals surface area contributed by atoms with Crippen molar-refractivity contribution in [1.82, 2.24) is 10.2 Å². The highest BCUT2D eigenvalue weighted by atomic mass is 15.2. The van der Waals surface area contributed by atoms with Crippen molar-refractivity contribution in [2.75, 3.05) is 19.6 Å². The van der Waals surface area contributed by atoms with Gasteiger partial charge in [0.2, 0.25) is 0 Å². The molecule has 1 atom stereocenters. The Balaban J connectivity index is 2.59. The van der Waals surface area contributed by atoms with Crippen molar-refractivity contribution in [2.24, 2.45) is 0 Å². The first-order chi connectivity index (χ1) is 6.55. The first-order valence-corrected chi connectivity index (χ1v) is 5.65. The molecule has 0 aromatic carbocycles. The van der Waals surface area contributed by atoms with E-state index in [1.807, 2.05) is 0 Å². The van der Waals surface area contributed by atoms with E-state index in [-0.39, 0.29) is 5.54 Å². The van der Waals surface area contributed by atoms with E-state index in [0.717, 1.165) is 19.6 Å². The summed E-state index contributed by atoms with van der Waals surface area (Å²) in [6.07, 6.45) is 5.64. The van der Waals surface area contributed by atoms with Crippen molar-refractivity contribution in [3.63, 3.8) is 0 Å². The molecule has 0 aromatic heterocycles. The lowest BCUT2D eigenvalue weighted by Crippen LogP contribution is -2.47. The highest BCUT2D eigenvalue weighted by Gasteiger charge is 2.26. The molecule has 14 heavy (non-hydrogen) atoms. The summed E-state index contributed by atoms with van der Waals surface area (Å²) in [6.45, 7) is 12.3. The minimum absolute atomic E-state index is 0.256. The smallest absolute Gasteiger partial charge is 0.0252 e. The topological polar surface area (TPSA) is 15.3 Å². The molecule has 2 nitrogen and oxygen atoms in total. The Morgan fingerprint density at radius 2 is 2.21 bits per heavy atom. The van der Waals surface area contributed by atoms with Crippen molar-refractivity contribution in [3.8, 4) is 0 Å². The van der Waals surface area contributed by atoms with Crippen LogP contribution in [0, 0.1) is 0 Å². The van der Waals surface area contributed by atoms with E-state index < -0.39 is 0 Å². The van der Waals surface area contributed by atoms with Gasteiger partial charge in [0.05, 0.1) is 0 Å². The SMILES string of the molecule is C/C=C/CN1CC(C)(C)NCCC1C. The van der Waals surface area contributed by atoms with Crippen LogP contribution < -0.4 is 5.32 Å². The van der Waals surface area contributed by atoms with Gasteiger partial charge in [-0.15, -0.1) is 0 Å². The van der Waals surface area contributed by atoms with Crippen LogP contribution in [0.2, 0.25) is 0 Å². The molecular weight excluding hydrogens is 172 g/mol. The van der Waals surface area contributed by atoms with E-state index >= 15 is 0 Å². The average molecular weight is 196 g/mol. The summed E-state index contributed by atoms with van der Waals surface area (Å²) in [4.78, 5) is 2.56. The van der Waals surface area contributed by atoms with Crippen molar-refractivity contribution in [2.45, 2.75) is 45.7 Å². The zero-order valence-electron chi connectivity index (χ0n) is 10.0. The molecule has 0 spiro atoms. The minimum atomic E-state index is 0.256. The standard InChI is InChI=1S/C12H24N2/c1-5-6-9-14-10-12(3,4)13-8-7-11(14)2/h5-6,11,13H,7-10H2,1-4H3/b6-5+. The molecule has 1 aliphatic rings. The molecule has 1 unspecified atom stereocenters. The average Bonchev–Trinajstić information content (AvgIpc) is 2.22. The lowest BCUT2D eigenvalue weighted by Gasteiger charge is -2.32. The zero-order valence-corrected chi connectivity index (χ0v) is 10.0. The van der Waals surface area contributed by atoms with Gasteiger partial charge in [0, 0.05) is 24.7 Å². The van der Waals surface area contributed by atoms with Crippen LogP contribution >= 0.6 is 0 Å². The molecule has 0 saturated carbocycles. The zero-order chi connectivity index (χ0) is 10.6. The lowest BCUT2D eigenvalue weighted by atomic mass is 10.1. The van der Waals surface area contributed by atoms with Crippen LogP contribution in [0.15, 0.2) is 12.2 Å². The van der Waals surface area contributed by atoms with E-state index in [4.69, 9.17) is 0 Å². The van der Waals surface area contributed by atoms with Crippen molar-refractivity contribution >= 4 is 0 Å². The maximum Gasteiger partial charge on any atom is 0.0252 e. The summed E-state index contributed by atoms with van der Waals surface area (Å²) < 4.78 is 0. The van der Waals surface area contributed by atoms with E-state index in [1.165, 1.54) is 6.42 Å². The Bertz CT molecular complexity index is 196. The van der Waals surface area contributed by atoms with Crippen molar-refractivity contribution in [3.05, 3.63) is 12.2 Å². The molecule has 0 radical (unpaired) electrons. The van der Waals surface area contributed by atoms with Crippen molar-refractivity contribution in [1.29, 1.82) is 0 Å². The number of nitrogens with zero attached hydrogens (tertiary/aromatic N) is 1. The molecule has 1 rings (SSSR count). The quantitative estimate of drug-likeness (QED) is 0.680. The molecule has 1 fully saturated rings. The number of rotatable bonds is 2. The molecule has 0 aromatic rings. The van der Waals surface area contributed by atoms with Gasteiger partial charge in [-0.1, -0.05) is 12.2 Å². The Labute approximate surface area is 88.4 Å². The fourth-order valence-corrected chi connectivity index (χ4v) is 2.01. The first-order valence-electron chi connectivity index (χ1n) is 5.65. The first kappa shape index (κ1) is 11.7. The van der Waals surface area contributed by atoms with E-state index in [2.05, 4.69) is 50.1 Å². The van der Waals surface area contributed by atoms with E-state index in [0.29, 0.717) is 6.04 Å². The number of nitrogens with one attached hydrogen (secondary N) is 1. The van der Waals surface area contributed by atoms with Gasteiger partial charge in [0.1, 0.15) is 0 Å². The monoisotopic (exact) mass is 196 g/mol. The van der Waals surface area contributed by atoms with Crippen LogP contribution in [0.4, 0.5) is 0 Å². The second kappa shape index (κ2) is 4.94. The molecule has 82 valence electrons. The van der Waals surface area contributed by atoms with Gasteiger partial charge in [-0.05, 0) is 40.7 Å². The second-order valence-corrected chi connectivity index (χ2v) is 4.95. The number of hydrogen-bond donors (Lipinski definition) is 1. The Hall–Kier alpha value is -0.340. The molecule has 0 bridgehead atoms. The molecule has 1 aliphatic heterocycles. The highest BCUT2D eigenvalue weighted by Crippen LogP contribution is 2.15. The molecule has 1 saturated heterocycles. The largest absolute Gasteiger partial charge is 0.310 e. The predicted molar refractivity (Wildman–Crippen MR) is 62.5 cm³/mol. The summed E-state index contributed by atoms with van der Waals surface area (Å²) in [5.41, 5.74) is 0.256.